The molecule has 27 heavy (non-hydrogen) atoms. The quantitative estimate of drug-likeness (QED) is 0.826. The van der Waals surface area contributed by atoms with Gasteiger partial charge in [0, 0.05) is 36.3 Å². The molecule has 2 N–H and O–H groups in total. The van der Waals surface area contributed by atoms with Gasteiger partial charge in [-0.1, -0.05) is 37.3 Å². The number of hydrogen-bond donors (Lipinski definition) is 2. The Morgan fingerprint density at radius 1 is 1.15 bits per heavy atom. The van der Waals surface area contributed by atoms with Crippen molar-refractivity contribution in [2.24, 2.45) is 11.8 Å². The number of ether oxygens (including phenoxy) is 1. The number of piperidine rings is 1. The number of nitrogens with one attached hydrogen (secondary N) is 2. The molecule has 144 valence electrons. The first-order valence-electron chi connectivity index (χ1n) is 9.63. The summed E-state index contributed by atoms with van der Waals surface area (Å²) in [5, 5.41) is 7.39. The largest absolute Gasteiger partial charge is 0.493 e. The molecule has 0 amide bonds. The lowest BCUT2D eigenvalue weighted by atomic mass is 9.84. The van der Waals surface area contributed by atoms with E-state index in [1.807, 2.05) is 6.07 Å². The van der Waals surface area contributed by atoms with Crippen LogP contribution in [0.4, 0.5) is 8.78 Å². The van der Waals surface area contributed by atoms with Crippen LogP contribution in [0.5, 0.6) is 5.75 Å². The first-order chi connectivity index (χ1) is 13.1. The number of rotatable bonds is 5. The van der Waals surface area contributed by atoms with E-state index in [2.05, 4.69) is 41.8 Å². The van der Waals surface area contributed by atoms with Crippen LogP contribution in [0.1, 0.15) is 36.9 Å². The first-order valence-corrected chi connectivity index (χ1v) is 9.63. The van der Waals surface area contributed by atoms with Gasteiger partial charge in [-0.3, -0.25) is 0 Å². The molecule has 3 nitrogen and oxygen atoms in total. The molecule has 5 unspecified atom stereocenters. The molecular weight excluding hydrogens is 346 g/mol. The maximum atomic E-state index is 14.0. The third-order valence-corrected chi connectivity index (χ3v) is 6.16. The number of methoxy groups -OCH3 is 1. The number of benzene rings is 2. The summed E-state index contributed by atoms with van der Waals surface area (Å²) < 4.78 is 32.9. The lowest BCUT2D eigenvalue weighted by Gasteiger charge is -2.39. The zero-order valence-electron chi connectivity index (χ0n) is 15.7. The standard InChI is InChI=1S/C22H26F2N2O/c1-13-8-15-10-19(13)26-21(14-6-4-3-5-7-14)20(15)25-12-16-9-17(23)11-18(24)22(16)27-2/h3-7,9,11,13,15,19-21,25-26H,8,10,12H2,1-2H3. The Labute approximate surface area is 159 Å². The van der Waals surface area contributed by atoms with Gasteiger partial charge in [0.05, 0.1) is 7.11 Å². The van der Waals surface area contributed by atoms with E-state index < -0.39 is 11.6 Å². The van der Waals surface area contributed by atoms with E-state index in [0.29, 0.717) is 30.0 Å². The molecule has 2 aromatic carbocycles. The highest BCUT2D eigenvalue weighted by atomic mass is 19.1. The molecule has 1 aliphatic carbocycles. The van der Waals surface area contributed by atoms with Gasteiger partial charge in [-0.15, -0.1) is 0 Å². The SMILES string of the molecule is COc1c(F)cc(F)cc1CNC1C2CC(C)C(C2)NC1c1ccccc1. The van der Waals surface area contributed by atoms with E-state index >= 15 is 0 Å². The van der Waals surface area contributed by atoms with Crippen molar-refractivity contribution >= 4 is 0 Å². The predicted molar refractivity (Wildman–Crippen MR) is 102 cm³/mol. The normalized spacial score (nSPS) is 29.7. The van der Waals surface area contributed by atoms with Crippen molar-refractivity contribution in [3.05, 3.63) is 65.2 Å². The number of halogens is 2. The van der Waals surface area contributed by atoms with Gasteiger partial charge in [-0.2, -0.15) is 0 Å². The summed E-state index contributed by atoms with van der Waals surface area (Å²) in [6.45, 7) is 2.66. The molecule has 5 atom stereocenters. The van der Waals surface area contributed by atoms with Crippen molar-refractivity contribution in [2.45, 2.75) is 44.4 Å². The Morgan fingerprint density at radius 3 is 2.67 bits per heavy atom. The minimum atomic E-state index is -0.662. The average molecular weight is 372 g/mol. The van der Waals surface area contributed by atoms with Gasteiger partial charge in [0.2, 0.25) is 0 Å². The van der Waals surface area contributed by atoms with Crippen LogP contribution in [0, 0.1) is 23.5 Å². The third-order valence-electron chi connectivity index (χ3n) is 6.16. The van der Waals surface area contributed by atoms with Crippen LogP contribution in [0.15, 0.2) is 42.5 Å². The summed E-state index contributed by atoms with van der Waals surface area (Å²) in [7, 11) is 1.41. The van der Waals surface area contributed by atoms with E-state index in [9.17, 15) is 8.78 Å². The fourth-order valence-corrected chi connectivity index (χ4v) is 4.88. The van der Waals surface area contributed by atoms with Crippen LogP contribution in [0.25, 0.3) is 0 Å². The van der Waals surface area contributed by atoms with Gasteiger partial charge in [-0.25, -0.2) is 8.78 Å². The molecule has 1 heterocycles. The van der Waals surface area contributed by atoms with Gasteiger partial charge in [0.25, 0.3) is 0 Å². The maximum absolute atomic E-state index is 14.0. The topological polar surface area (TPSA) is 33.3 Å². The smallest absolute Gasteiger partial charge is 0.168 e. The van der Waals surface area contributed by atoms with Crippen LogP contribution in [0.3, 0.4) is 0 Å². The van der Waals surface area contributed by atoms with Crippen LogP contribution in [0.2, 0.25) is 0 Å². The lowest BCUT2D eigenvalue weighted by molar-refractivity contribution is 0.221. The Balaban J connectivity index is 1.59. The molecule has 2 aliphatic rings. The number of fused-ring (bicyclic) bond motifs is 2. The molecule has 4 rings (SSSR count). The van der Waals surface area contributed by atoms with Crippen molar-refractivity contribution in [1.82, 2.24) is 10.6 Å². The highest BCUT2D eigenvalue weighted by Crippen LogP contribution is 2.43. The molecule has 2 fully saturated rings. The highest BCUT2D eigenvalue weighted by molar-refractivity contribution is 5.36. The van der Waals surface area contributed by atoms with Crippen molar-refractivity contribution in [3.63, 3.8) is 0 Å². The summed E-state index contributed by atoms with van der Waals surface area (Å²) in [5.74, 6) is 0.0443. The summed E-state index contributed by atoms with van der Waals surface area (Å²) >= 11 is 0. The van der Waals surface area contributed by atoms with Crippen molar-refractivity contribution in [2.75, 3.05) is 7.11 Å². The van der Waals surface area contributed by atoms with Crippen LogP contribution in [-0.4, -0.2) is 19.2 Å². The molecule has 0 radical (unpaired) electrons. The zero-order valence-corrected chi connectivity index (χ0v) is 15.7. The average Bonchev–Trinajstić information content (AvgIpc) is 2.96. The maximum Gasteiger partial charge on any atom is 0.168 e. The van der Waals surface area contributed by atoms with E-state index in [1.165, 1.54) is 18.7 Å². The molecule has 0 aromatic heterocycles. The molecular formula is C22H26F2N2O. The Hall–Kier alpha value is -1.98. The van der Waals surface area contributed by atoms with Crippen LogP contribution in [-0.2, 0) is 6.54 Å². The predicted octanol–water partition coefficient (Wildman–Crippen LogP) is 4.19. The Bertz CT molecular complexity index is 796. The minimum Gasteiger partial charge on any atom is -0.493 e. The van der Waals surface area contributed by atoms with Gasteiger partial charge in [0.1, 0.15) is 5.82 Å². The highest BCUT2D eigenvalue weighted by Gasteiger charge is 2.45. The number of hydrogen-bond acceptors (Lipinski definition) is 3. The third kappa shape index (κ3) is 3.58. The Kier molecular flexibility index (Phi) is 5.15. The molecule has 2 bridgehead atoms. The van der Waals surface area contributed by atoms with E-state index in [1.54, 1.807) is 0 Å². The fraction of sp³-hybridized carbons (Fsp3) is 0.455. The molecule has 2 aromatic rings. The molecule has 0 spiro atoms. The van der Waals surface area contributed by atoms with Gasteiger partial charge < -0.3 is 15.4 Å². The first kappa shape index (κ1) is 18.4. The minimum absolute atomic E-state index is 0.113. The molecule has 5 heteroatoms. The van der Waals surface area contributed by atoms with E-state index in [-0.39, 0.29) is 17.8 Å². The zero-order chi connectivity index (χ0) is 19.0. The summed E-state index contributed by atoms with van der Waals surface area (Å²) in [6, 6.07) is 13.5. The van der Waals surface area contributed by atoms with Crippen molar-refractivity contribution in [1.29, 1.82) is 0 Å². The van der Waals surface area contributed by atoms with Crippen LogP contribution < -0.4 is 15.4 Å². The monoisotopic (exact) mass is 372 g/mol. The Morgan fingerprint density at radius 2 is 1.93 bits per heavy atom. The summed E-state index contributed by atoms with van der Waals surface area (Å²) in [6.07, 6.45) is 2.30. The van der Waals surface area contributed by atoms with Gasteiger partial charge in [-0.05, 0) is 36.3 Å². The fourth-order valence-electron chi connectivity index (χ4n) is 4.88. The van der Waals surface area contributed by atoms with Gasteiger partial charge in [0.15, 0.2) is 11.6 Å². The van der Waals surface area contributed by atoms with E-state index in [0.717, 1.165) is 18.9 Å². The lowest BCUT2D eigenvalue weighted by Crippen LogP contribution is -2.51. The summed E-state index contributed by atoms with van der Waals surface area (Å²) in [4.78, 5) is 0. The molecule has 1 aliphatic heterocycles. The van der Waals surface area contributed by atoms with Gasteiger partial charge >= 0.3 is 0 Å². The van der Waals surface area contributed by atoms with E-state index in [4.69, 9.17) is 4.74 Å². The van der Waals surface area contributed by atoms with Crippen molar-refractivity contribution < 1.29 is 13.5 Å². The molecule has 1 saturated carbocycles. The second-order valence-electron chi connectivity index (χ2n) is 7.86. The molecule has 1 saturated heterocycles. The van der Waals surface area contributed by atoms with Crippen molar-refractivity contribution in [3.8, 4) is 5.75 Å². The second kappa shape index (κ2) is 7.56. The second-order valence-corrected chi connectivity index (χ2v) is 7.86. The summed E-state index contributed by atoms with van der Waals surface area (Å²) in [5.41, 5.74) is 1.76. The van der Waals surface area contributed by atoms with Crippen LogP contribution >= 0.6 is 0 Å².